The molecule has 1 aliphatic carbocycles. The molecular formula is C29H34N2O2. The van der Waals surface area contributed by atoms with E-state index >= 15 is 0 Å². The van der Waals surface area contributed by atoms with Crippen molar-refractivity contribution in [2.24, 2.45) is 5.92 Å². The van der Waals surface area contributed by atoms with Gasteiger partial charge in [0.05, 0.1) is 12.7 Å². The third-order valence-corrected chi connectivity index (χ3v) is 6.41. The van der Waals surface area contributed by atoms with Crippen LogP contribution in [-0.4, -0.2) is 26.2 Å². The molecule has 0 spiro atoms. The molecule has 0 radical (unpaired) electrons. The van der Waals surface area contributed by atoms with Crippen molar-refractivity contribution in [3.63, 3.8) is 0 Å². The molecule has 0 atom stereocenters. The summed E-state index contributed by atoms with van der Waals surface area (Å²) in [6, 6.07) is 19.0. The Balaban J connectivity index is 1.70. The smallest absolute Gasteiger partial charge is 0.338 e. The Morgan fingerprint density at radius 1 is 0.939 bits per heavy atom. The van der Waals surface area contributed by atoms with Gasteiger partial charge in [-0.15, -0.1) is 0 Å². The monoisotopic (exact) mass is 442 g/mol. The Kier molecular flexibility index (Phi) is 7.02. The highest BCUT2D eigenvalue weighted by Gasteiger charge is 2.23. The standard InChI is InChI=1S/C29H34N2O2/c1-5-16-30-24-12-8-22(9-13-24)26-17-19(2)27(28(20(26)3)29(32)33-4)23-10-14-25(15-11-23)31-18-21-6-7-21/h8-15,17,21,30-31H,5-7,16,18H2,1-4H3. The van der Waals surface area contributed by atoms with Gasteiger partial charge in [-0.1, -0.05) is 37.3 Å². The predicted molar refractivity (Wildman–Crippen MR) is 138 cm³/mol. The summed E-state index contributed by atoms with van der Waals surface area (Å²) >= 11 is 0. The number of carbonyl (C=O) groups excluding carboxylic acids is 1. The molecule has 1 aliphatic rings. The van der Waals surface area contributed by atoms with E-state index in [1.807, 2.05) is 6.92 Å². The second-order valence-electron chi connectivity index (χ2n) is 9.01. The molecule has 0 bridgehead atoms. The van der Waals surface area contributed by atoms with Gasteiger partial charge in [-0.2, -0.15) is 0 Å². The average molecular weight is 443 g/mol. The molecule has 4 nitrogen and oxygen atoms in total. The molecule has 172 valence electrons. The molecule has 1 fully saturated rings. The zero-order valence-electron chi connectivity index (χ0n) is 20.1. The van der Waals surface area contributed by atoms with Gasteiger partial charge in [0.25, 0.3) is 0 Å². The number of ether oxygens (including phenoxy) is 1. The molecule has 0 amide bonds. The van der Waals surface area contributed by atoms with E-state index in [0.717, 1.165) is 70.2 Å². The predicted octanol–water partition coefficient (Wildman–Crippen LogP) is 7.07. The summed E-state index contributed by atoms with van der Waals surface area (Å²) < 4.78 is 5.22. The van der Waals surface area contributed by atoms with Gasteiger partial charge in [0.15, 0.2) is 0 Å². The minimum atomic E-state index is -0.301. The van der Waals surface area contributed by atoms with E-state index in [-0.39, 0.29) is 5.97 Å². The Bertz CT molecular complexity index is 1110. The molecule has 0 aliphatic heterocycles. The molecule has 1 saturated carbocycles. The van der Waals surface area contributed by atoms with Gasteiger partial charge in [0.2, 0.25) is 0 Å². The fourth-order valence-corrected chi connectivity index (χ4v) is 4.32. The zero-order valence-corrected chi connectivity index (χ0v) is 20.1. The lowest BCUT2D eigenvalue weighted by molar-refractivity contribution is 0.0601. The highest BCUT2D eigenvalue weighted by molar-refractivity contribution is 6.02. The number of rotatable bonds is 9. The molecule has 3 aromatic carbocycles. The van der Waals surface area contributed by atoms with Gasteiger partial charge in [-0.05, 0) is 96.7 Å². The number of methoxy groups -OCH3 is 1. The summed E-state index contributed by atoms with van der Waals surface area (Å²) in [5.41, 5.74) is 8.98. The molecule has 0 heterocycles. The number of benzene rings is 3. The lowest BCUT2D eigenvalue weighted by Gasteiger charge is -2.19. The number of aryl methyl sites for hydroxylation is 1. The van der Waals surface area contributed by atoms with Gasteiger partial charge in [0.1, 0.15) is 0 Å². The summed E-state index contributed by atoms with van der Waals surface area (Å²) in [7, 11) is 1.45. The van der Waals surface area contributed by atoms with Crippen molar-refractivity contribution >= 4 is 17.3 Å². The molecule has 0 unspecified atom stereocenters. The number of anilines is 2. The summed E-state index contributed by atoms with van der Waals surface area (Å²) in [6.07, 6.45) is 3.74. The van der Waals surface area contributed by atoms with Crippen LogP contribution in [0.1, 0.15) is 47.7 Å². The Labute approximate surface area is 197 Å². The molecule has 0 saturated heterocycles. The van der Waals surface area contributed by atoms with E-state index in [1.165, 1.54) is 20.0 Å². The Morgan fingerprint density at radius 2 is 1.55 bits per heavy atom. The largest absolute Gasteiger partial charge is 0.465 e. The van der Waals surface area contributed by atoms with E-state index in [9.17, 15) is 4.79 Å². The highest BCUT2D eigenvalue weighted by atomic mass is 16.5. The molecular weight excluding hydrogens is 408 g/mol. The van der Waals surface area contributed by atoms with Crippen LogP contribution in [0.2, 0.25) is 0 Å². The first-order chi connectivity index (χ1) is 16.0. The molecule has 4 heteroatoms. The summed E-state index contributed by atoms with van der Waals surface area (Å²) in [4.78, 5) is 12.9. The quantitative estimate of drug-likeness (QED) is 0.348. The summed E-state index contributed by atoms with van der Waals surface area (Å²) in [5.74, 6) is 0.522. The van der Waals surface area contributed by atoms with Crippen molar-refractivity contribution in [3.8, 4) is 22.3 Å². The molecule has 3 aromatic rings. The number of hydrogen-bond acceptors (Lipinski definition) is 4. The number of esters is 1. The van der Waals surface area contributed by atoms with Gasteiger partial charge >= 0.3 is 5.97 Å². The lowest BCUT2D eigenvalue weighted by atomic mass is 9.86. The third kappa shape index (κ3) is 5.22. The van der Waals surface area contributed by atoms with Crippen molar-refractivity contribution < 1.29 is 9.53 Å². The lowest BCUT2D eigenvalue weighted by Crippen LogP contribution is -2.09. The Hall–Kier alpha value is -3.27. The van der Waals surface area contributed by atoms with Crippen LogP contribution in [0.4, 0.5) is 11.4 Å². The van der Waals surface area contributed by atoms with E-state index < -0.39 is 0 Å². The van der Waals surface area contributed by atoms with Gasteiger partial charge in [-0.3, -0.25) is 0 Å². The van der Waals surface area contributed by atoms with Gasteiger partial charge in [0, 0.05) is 24.5 Å². The van der Waals surface area contributed by atoms with Crippen molar-refractivity contribution in [2.45, 2.75) is 40.0 Å². The van der Waals surface area contributed by atoms with Crippen LogP contribution in [0.5, 0.6) is 0 Å². The van der Waals surface area contributed by atoms with Crippen molar-refractivity contribution in [1.82, 2.24) is 0 Å². The topological polar surface area (TPSA) is 50.4 Å². The fraction of sp³-hybridized carbons (Fsp3) is 0.345. The van der Waals surface area contributed by atoms with E-state index in [1.54, 1.807) is 0 Å². The molecule has 2 N–H and O–H groups in total. The first-order valence-electron chi connectivity index (χ1n) is 11.9. The normalized spacial score (nSPS) is 13.0. The second-order valence-corrected chi connectivity index (χ2v) is 9.01. The van der Waals surface area contributed by atoms with Crippen molar-refractivity contribution in [3.05, 3.63) is 71.3 Å². The number of carbonyl (C=O) groups is 1. The van der Waals surface area contributed by atoms with E-state index in [0.29, 0.717) is 5.56 Å². The SMILES string of the molecule is CCCNc1ccc(-c2cc(C)c(-c3ccc(NCC4CC4)cc3)c(C(=O)OC)c2C)cc1. The highest BCUT2D eigenvalue weighted by Crippen LogP contribution is 2.37. The molecule has 0 aromatic heterocycles. The first kappa shape index (κ1) is 22.9. The first-order valence-corrected chi connectivity index (χ1v) is 11.9. The van der Waals surface area contributed by atoms with Gasteiger partial charge < -0.3 is 15.4 Å². The third-order valence-electron chi connectivity index (χ3n) is 6.41. The van der Waals surface area contributed by atoms with Crippen LogP contribution >= 0.6 is 0 Å². The molecule has 33 heavy (non-hydrogen) atoms. The Morgan fingerprint density at radius 3 is 2.12 bits per heavy atom. The van der Waals surface area contributed by atoms with Crippen molar-refractivity contribution in [1.29, 1.82) is 0 Å². The van der Waals surface area contributed by atoms with Crippen LogP contribution in [0, 0.1) is 19.8 Å². The summed E-state index contributed by atoms with van der Waals surface area (Å²) in [6.45, 7) is 8.22. The maximum atomic E-state index is 12.9. The second kappa shape index (κ2) is 10.1. The minimum absolute atomic E-state index is 0.301. The maximum absolute atomic E-state index is 12.9. The van der Waals surface area contributed by atoms with E-state index in [2.05, 4.69) is 79.1 Å². The van der Waals surface area contributed by atoms with Crippen LogP contribution in [0.15, 0.2) is 54.6 Å². The van der Waals surface area contributed by atoms with Gasteiger partial charge in [-0.25, -0.2) is 4.79 Å². The van der Waals surface area contributed by atoms with Crippen LogP contribution in [-0.2, 0) is 4.74 Å². The van der Waals surface area contributed by atoms with Crippen molar-refractivity contribution in [2.75, 3.05) is 30.8 Å². The zero-order chi connectivity index (χ0) is 23.4. The fourth-order valence-electron chi connectivity index (χ4n) is 4.32. The van der Waals surface area contributed by atoms with Crippen LogP contribution in [0.3, 0.4) is 0 Å². The van der Waals surface area contributed by atoms with E-state index in [4.69, 9.17) is 4.74 Å². The molecule has 4 rings (SSSR count). The maximum Gasteiger partial charge on any atom is 0.338 e. The summed E-state index contributed by atoms with van der Waals surface area (Å²) in [5, 5.41) is 6.92. The van der Waals surface area contributed by atoms with Crippen LogP contribution < -0.4 is 10.6 Å². The number of hydrogen-bond donors (Lipinski definition) is 2. The average Bonchev–Trinajstić information content (AvgIpc) is 3.67. The minimum Gasteiger partial charge on any atom is -0.465 e. The van der Waals surface area contributed by atoms with Crippen LogP contribution in [0.25, 0.3) is 22.3 Å². The number of nitrogens with one attached hydrogen (secondary N) is 2.